The smallest absolute Gasteiger partial charge is 0.314 e. The number of benzene rings is 2. The van der Waals surface area contributed by atoms with Crippen molar-refractivity contribution in [2.45, 2.75) is 11.8 Å². The van der Waals surface area contributed by atoms with Crippen LogP contribution in [0.3, 0.4) is 0 Å². The second kappa shape index (κ2) is 7.37. The summed E-state index contributed by atoms with van der Waals surface area (Å²) in [5.74, 6) is 0.674. The van der Waals surface area contributed by atoms with Crippen molar-refractivity contribution in [3.05, 3.63) is 68.7 Å². The summed E-state index contributed by atoms with van der Waals surface area (Å²) in [7, 11) is -2.32. The fourth-order valence-electron chi connectivity index (χ4n) is 2.55. The third-order valence-electron chi connectivity index (χ3n) is 4.07. The van der Waals surface area contributed by atoms with Gasteiger partial charge in [0.05, 0.1) is 15.9 Å². The quantitative estimate of drug-likeness (QED) is 0.616. The van der Waals surface area contributed by atoms with Crippen molar-refractivity contribution in [1.82, 2.24) is 14.3 Å². The number of H-pyrrole nitrogens is 2. The maximum atomic E-state index is 12.7. The van der Waals surface area contributed by atoms with Crippen molar-refractivity contribution in [2.75, 3.05) is 20.2 Å². The number of nitrogens with zero attached hydrogens (tertiary/aromatic N) is 1. The van der Waals surface area contributed by atoms with Gasteiger partial charge in [0.25, 0.3) is 0 Å². The summed E-state index contributed by atoms with van der Waals surface area (Å²) >= 11 is 0. The van der Waals surface area contributed by atoms with Crippen LogP contribution in [0.2, 0.25) is 0 Å². The Morgan fingerprint density at radius 1 is 1.00 bits per heavy atom. The van der Waals surface area contributed by atoms with Crippen molar-refractivity contribution in [1.29, 1.82) is 0 Å². The van der Waals surface area contributed by atoms with E-state index in [1.165, 1.54) is 29.6 Å². The third kappa shape index (κ3) is 4.09. The van der Waals surface area contributed by atoms with Crippen molar-refractivity contribution in [3.63, 3.8) is 0 Å². The second-order valence-corrected chi connectivity index (χ2v) is 8.15. The van der Waals surface area contributed by atoms with Gasteiger partial charge >= 0.3 is 11.1 Å². The van der Waals surface area contributed by atoms with Crippen LogP contribution in [0.1, 0.15) is 5.56 Å². The lowest BCUT2D eigenvalue weighted by Gasteiger charge is -2.18. The fraction of sp³-hybridized carbons (Fsp3) is 0.222. The van der Waals surface area contributed by atoms with E-state index in [2.05, 4.69) is 9.97 Å². The first kappa shape index (κ1) is 18.9. The van der Waals surface area contributed by atoms with Crippen molar-refractivity contribution in [2.24, 2.45) is 0 Å². The Hall–Kier alpha value is -2.91. The minimum atomic E-state index is -3.78. The maximum Gasteiger partial charge on any atom is 0.314 e. The zero-order chi connectivity index (χ0) is 19.6. The Bertz CT molecular complexity index is 1200. The number of aromatic nitrogens is 2. The number of rotatable bonds is 6. The Kier molecular flexibility index (Phi) is 5.15. The summed E-state index contributed by atoms with van der Waals surface area (Å²) < 4.78 is 32.2. The lowest BCUT2D eigenvalue weighted by molar-refractivity contribution is 0.287. The molecule has 0 amide bonds. The summed E-state index contributed by atoms with van der Waals surface area (Å²) in [6.45, 7) is 2.29. The SMILES string of the molecule is Cc1cccc(OCCN(C)S(=O)(=O)c2ccc3[nH]c(=O)c(=O)[nH]c3c2)c1. The van der Waals surface area contributed by atoms with E-state index >= 15 is 0 Å². The van der Waals surface area contributed by atoms with Gasteiger partial charge in [0.15, 0.2) is 0 Å². The fourth-order valence-corrected chi connectivity index (χ4v) is 3.73. The van der Waals surface area contributed by atoms with E-state index in [0.717, 1.165) is 5.56 Å². The van der Waals surface area contributed by atoms with Crippen LogP contribution in [-0.4, -0.2) is 42.9 Å². The molecule has 0 spiro atoms. The summed E-state index contributed by atoms with van der Waals surface area (Å²) in [6.07, 6.45) is 0. The molecule has 8 nitrogen and oxygen atoms in total. The summed E-state index contributed by atoms with van der Waals surface area (Å²) in [5, 5.41) is 0. The molecule has 0 atom stereocenters. The number of nitrogens with one attached hydrogen (secondary N) is 2. The number of likely N-dealkylation sites (N-methyl/N-ethyl adjacent to an activating group) is 1. The number of aryl methyl sites for hydroxylation is 1. The van der Waals surface area contributed by atoms with Gasteiger partial charge in [0, 0.05) is 13.6 Å². The lowest BCUT2D eigenvalue weighted by Crippen LogP contribution is -2.31. The number of fused-ring (bicyclic) bond motifs is 1. The first-order valence-corrected chi connectivity index (χ1v) is 9.63. The molecule has 0 fully saturated rings. The molecule has 0 aliphatic rings. The maximum absolute atomic E-state index is 12.7. The number of ether oxygens (including phenoxy) is 1. The van der Waals surface area contributed by atoms with E-state index in [1.807, 2.05) is 31.2 Å². The van der Waals surface area contributed by atoms with Gasteiger partial charge in [-0.3, -0.25) is 9.59 Å². The van der Waals surface area contributed by atoms with E-state index in [-0.39, 0.29) is 23.6 Å². The van der Waals surface area contributed by atoms with E-state index < -0.39 is 21.1 Å². The van der Waals surface area contributed by atoms with Gasteiger partial charge < -0.3 is 14.7 Å². The monoisotopic (exact) mass is 389 g/mol. The summed E-state index contributed by atoms with van der Waals surface area (Å²) in [5.41, 5.74) is 0.0197. The molecule has 2 aromatic carbocycles. The molecule has 3 aromatic rings. The molecule has 1 aromatic heterocycles. The van der Waals surface area contributed by atoms with Gasteiger partial charge in [0.1, 0.15) is 12.4 Å². The van der Waals surface area contributed by atoms with Gasteiger partial charge in [0.2, 0.25) is 10.0 Å². The molecule has 0 bridgehead atoms. The molecule has 0 saturated carbocycles. The molecule has 0 unspecified atom stereocenters. The topological polar surface area (TPSA) is 112 Å². The first-order valence-electron chi connectivity index (χ1n) is 8.19. The molecule has 9 heteroatoms. The van der Waals surface area contributed by atoms with Crippen LogP contribution in [0.25, 0.3) is 11.0 Å². The molecule has 0 aliphatic heterocycles. The molecular weight excluding hydrogens is 370 g/mol. The minimum Gasteiger partial charge on any atom is -0.492 e. The molecular formula is C18H19N3O5S. The average Bonchev–Trinajstić information content (AvgIpc) is 2.62. The van der Waals surface area contributed by atoms with E-state index in [4.69, 9.17) is 4.74 Å². The minimum absolute atomic E-state index is 0.00996. The van der Waals surface area contributed by atoms with Crippen LogP contribution in [0.4, 0.5) is 0 Å². The molecule has 0 saturated heterocycles. The first-order chi connectivity index (χ1) is 12.8. The molecule has 3 rings (SSSR count). The largest absolute Gasteiger partial charge is 0.492 e. The van der Waals surface area contributed by atoms with Crippen LogP contribution < -0.4 is 15.9 Å². The van der Waals surface area contributed by atoms with Crippen molar-refractivity contribution < 1.29 is 13.2 Å². The Morgan fingerprint density at radius 2 is 1.70 bits per heavy atom. The lowest BCUT2D eigenvalue weighted by atomic mass is 10.2. The number of hydrogen-bond donors (Lipinski definition) is 2. The predicted molar refractivity (Wildman–Crippen MR) is 102 cm³/mol. The number of hydrogen-bond acceptors (Lipinski definition) is 5. The summed E-state index contributed by atoms with van der Waals surface area (Å²) in [6, 6.07) is 11.6. The standard InChI is InChI=1S/C18H19N3O5S/c1-12-4-3-5-13(10-12)26-9-8-21(2)27(24,25)14-6-7-15-16(11-14)20-18(23)17(22)19-15/h3-7,10-11H,8-9H2,1-2H3,(H,19,22)(H,20,23). The Morgan fingerprint density at radius 3 is 2.41 bits per heavy atom. The van der Waals surface area contributed by atoms with Gasteiger partial charge in [-0.25, -0.2) is 8.42 Å². The van der Waals surface area contributed by atoms with E-state index in [9.17, 15) is 18.0 Å². The van der Waals surface area contributed by atoms with Crippen molar-refractivity contribution >= 4 is 21.1 Å². The zero-order valence-electron chi connectivity index (χ0n) is 14.9. The third-order valence-corrected chi connectivity index (χ3v) is 5.92. The molecule has 27 heavy (non-hydrogen) atoms. The molecule has 1 heterocycles. The molecule has 142 valence electrons. The van der Waals surface area contributed by atoms with Crippen molar-refractivity contribution in [3.8, 4) is 5.75 Å². The van der Waals surface area contributed by atoms with Gasteiger partial charge in [-0.05, 0) is 42.8 Å². The zero-order valence-corrected chi connectivity index (χ0v) is 15.7. The highest BCUT2D eigenvalue weighted by Gasteiger charge is 2.21. The highest BCUT2D eigenvalue weighted by atomic mass is 32.2. The van der Waals surface area contributed by atoms with Gasteiger partial charge in [-0.1, -0.05) is 12.1 Å². The Balaban J connectivity index is 1.76. The van der Waals surface area contributed by atoms with Crippen LogP contribution in [-0.2, 0) is 10.0 Å². The highest BCUT2D eigenvalue weighted by Crippen LogP contribution is 2.18. The van der Waals surface area contributed by atoms with Gasteiger partial charge in [-0.15, -0.1) is 0 Å². The van der Waals surface area contributed by atoms with E-state index in [1.54, 1.807) is 0 Å². The van der Waals surface area contributed by atoms with Crippen LogP contribution in [0.5, 0.6) is 5.75 Å². The number of sulfonamides is 1. The molecule has 0 radical (unpaired) electrons. The highest BCUT2D eigenvalue weighted by molar-refractivity contribution is 7.89. The van der Waals surface area contributed by atoms with Gasteiger partial charge in [-0.2, -0.15) is 4.31 Å². The summed E-state index contributed by atoms with van der Waals surface area (Å²) in [4.78, 5) is 27.6. The molecule has 2 N–H and O–H groups in total. The second-order valence-electron chi connectivity index (χ2n) is 6.11. The van der Waals surface area contributed by atoms with Crippen LogP contribution in [0.15, 0.2) is 56.9 Å². The Labute approximate surface area is 155 Å². The molecule has 0 aliphatic carbocycles. The normalized spacial score (nSPS) is 11.8. The predicted octanol–water partition coefficient (Wildman–Crippen LogP) is 1.22. The van der Waals surface area contributed by atoms with Crippen LogP contribution in [0, 0.1) is 6.92 Å². The van der Waals surface area contributed by atoms with E-state index in [0.29, 0.717) is 11.3 Å². The number of aromatic amines is 2. The average molecular weight is 389 g/mol. The van der Waals surface area contributed by atoms with Crippen LogP contribution >= 0.6 is 0 Å².